The van der Waals surface area contributed by atoms with Crippen LogP contribution in [0.4, 0.5) is 11.6 Å². The Balaban J connectivity index is 2.89. The third-order valence-corrected chi connectivity index (χ3v) is 3.08. The fourth-order valence-corrected chi connectivity index (χ4v) is 1.76. The van der Waals surface area contributed by atoms with Crippen molar-refractivity contribution in [3.05, 3.63) is 11.4 Å². The Kier molecular flexibility index (Phi) is 5.15. The van der Waals surface area contributed by atoms with Gasteiger partial charge in [-0.2, -0.15) is 0 Å². The van der Waals surface area contributed by atoms with Crippen LogP contribution < -0.4 is 10.6 Å². The molecule has 0 bridgehead atoms. The van der Waals surface area contributed by atoms with Crippen molar-refractivity contribution >= 4 is 11.6 Å². The molecule has 4 nitrogen and oxygen atoms in total. The van der Waals surface area contributed by atoms with Crippen LogP contribution in [0.15, 0.2) is 0 Å². The van der Waals surface area contributed by atoms with Crippen LogP contribution >= 0.6 is 0 Å². The fourth-order valence-electron chi connectivity index (χ4n) is 1.76. The van der Waals surface area contributed by atoms with Crippen molar-refractivity contribution in [1.29, 1.82) is 0 Å². The molecule has 1 heterocycles. The van der Waals surface area contributed by atoms with E-state index in [2.05, 4.69) is 62.1 Å². The molecule has 0 amide bonds. The monoisotopic (exact) mass is 264 g/mol. The van der Waals surface area contributed by atoms with E-state index in [1.54, 1.807) is 0 Å². The first kappa shape index (κ1) is 15.7. The first-order chi connectivity index (χ1) is 8.74. The van der Waals surface area contributed by atoms with E-state index in [0.717, 1.165) is 36.0 Å². The van der Waals surface area contributed by atoms with E-state index in [4.69, 9.17) is 0 Å². The summed E-state index contributed by atoms with van der Waals surface area (Å²) in [6.45, 7) is 14.0. The summed E-state index contributed by atoms with van der Waals surface area (Å²) in [7, 11) is 1.90. The van der Waals surface area contributed by atoms with Crippen LogP contribution in [0.1, 0.15) is 58.3 Å². The second-order valence-corrected chi connectivity index (χ2v) is 6.55. The van der Waals surface area contributed by atoms with Crippen LogP contribution in [-0.4, -0.2) is 23.6 Å². The van der Waals surface area contributed by atoms with Gasteiger partial charge in [-0.1, -0.05) is 34.6 Å². The minimum atomic E-state index is 0.330. The highest BCUT2D eigenvalue weighted by molar-refractivity contribution is 5.57. The molecular weight excluding hydrogens is 236 g/mol. The number of aromatic nitrogens is 2. The number of hydrogen-bond acceptors (Lipinski definition) is 4. The zero-order valence-corrected chi connectivity index (χ0v) is 13.4. The summed E-state index contributed by atoms with van der Waals surface area (Å²) in [4.78, 5) is 9.18. The minimum Gasteiger partial charge on any atom is -0.373 e. The van der Waals surface area contributed by atoms with Gasteiger partial charge in [0.25, 0.3) is 0 Å². The number of rotatable bonds is 5. The van der Waals surface area contributed by atoms with E-state index >= 15 is 0 Å². The first-order valence-electron chi connectivity index (χ1n) is 7.04. The predicted octanol–water partition coefficient (Wildman–Crippen LogP) is 3.80. The van der Waals surface area contributed by atoms with Crippen molar-refractivity contribution < 1.29 is 0 Å². The molecule has 0 atom stereocenters. The molecule has 0 aliphatic heterocycles. The average molecular weight is 264 g/mol. The van der Waals surface area contributed by atoms with Gasteiger partial charge in [0.05, 0.1) is 0 Å². The summed E-state index contributed by atoms with van der Waals surface area (Å²) >= 11 is 0. The van der Waals surface area contributed by atoms with Gasteiger partial charge in [-0.25, -0.2) is 9.97 Å². The van der Waals surface area contributed by atoms with Gasteiger partial charge < -0.3 is 10.6 Å². The summed E-state index contributed by atoms with van der Waals surface area (Å²) in [5.74, 6) is 3.08. The summed E-state index contributed by atoms with van der Waals surface area (Å²) in [6.07, 6.45) is 1.11. The standard InChI is InChI=1S/C15H28N4/c1-10(2)12-18-13(16-7)11(3)14(19-12)17-9-8-15(4,5)6/h10H,8-9H2,1-7H3,(H2,16,17,18,19). The molecule has 0 spiro atoms. The van der Waals surface area contributed by atoms with Crippen LogP contribution in [0.3, 0.4) is 0 Å². The van der Waals surface area contributed by atoms with Crippen molar-refractivity contribution in [2.24, 2.45) is 5.41 Å². The molecule has 19 heavy (non-hydrogen) atoms. The fraction of sp³-hybridized carbons (Fsp3) is 0.733. The molecule has 0 aliphatic carbocycles. The lowest BCUT2D eigenvalue weighted by molar-refractivity contribution is 0.389. The minimum absolute atomic E-state index is 0.330. The second-order valence-electron chi connectivity index (χ2n) is 6.55. The molecule has 0 fully saturated rings. The third kappa shape index (κ3) is 4.69. The predicted molar refractivity (Wildman–Crippen MR) is 83.0 cm³/mol. The van der Waals surface area contributed by atoms with E-state index in [-0.39, 0.29) is 0 Å². The molecule has 2 N–H and O–H groups in total. The molecule has 1 rings (SSSR count). The molecule has 0 radical (unpaired) electrons. The topological polar surface area (TPSA) is 49.8 Å². The molecular formula is C15H28N4. The summed E-state index contributed by atoms with van der Waals surface area (Å²) in [5, 5.41) is 6.59. The van der Waals surface area contributed by atoms with E-state index in [0.29, 0.717) is 11.3 Å². The van der Waals surface area contributed by atoms with Crippen molar-refractivity contribution in [3.8, 4) is 0 Å². The maximum absolute atomic E-state index is 4.64. The second kappa shape index (κ2) is 6.22. The van der Waals surface area contributed by atoms with Crippen molar-refractivity contribution in [3.63, 3.8) is 0 Å². The maximum atomic E-state index is 4.64. The van der Waals surface area contributed by atoms with Crippen molar-refractivity contribution in [2.75, 3.05) is 24.2 Å². The Hall–Kier alpha value is -1.32. The third-order valence-electron chi connectivity index (χ3n) is 3.08. The molecule has 0 aliphatic rings. The Morgan fingerprint density at radius 3 is 2.16 bits per heavy atom. The molecule has 4 heteroatoms. The normalized spacial score (nSPS) is 11.8. The molecule has 0 saturated carbocycles. The highest BCUT2D eigenvalue weighted by Crippen LogP contribution is 2.24. The van der Waals surface area contributed by atoms with Gasteiger partial charge in [-0.3, -0.25) is 0 Å². The van der Waals surface area contributed by atoms with Crippen LogP contribution in [0.25, 0.3) is 0 Å². The maximum Gasteiger partial charge on any atom is 0.135 e. The van der Waals surface area contributed by atoms with Crippen LogP contribution in [0.2, 0.25) is 0 Å². The summed E-state index contributed by atoms with van der Waals surface area (Å²) < 4.78 is 0. The number of nitrogens with zero attached hydrogens (tertiary/aromatic N) is 2. The van der Waals surface area contributed by atoms with E-state index in [1.807, 2.05) is 7.05 Å². The Bertz CT molecular complexity index is 419. The zero-order valence-electron chi connectivity index (χ0n) is 13.4. The van der Waals surface area contributed by atoms with Gasteiger partial charge in [-0.05, 0) is 18.8 Å². The van der Waals surface area contributed by atoms with Crippen LogP contribution in [0, 0.1) is 12.3 Å². The van der Waals surface area contributed by atoms with Crippen LogP contribution in [0.5, 0.6) is 0 Å². The van der Waals surface area contributed by atoms with Gasteiger partial charge in [0.15, 0.2) is 0 Å². The summed E-state index contributed by atoms with van der Waals surface area (Å²) in [6, 6.07) is 0. The van der Waals surface area contributed by atoms with Gasteiger partial charge in [-0.15, -0.1) is 0 Å². The van der Waals surface area contributed by atoms with Crippen molar-refractivity contribution in [1.82, 2.24) is 9.97 Å². The quantitative estimate of drug-likeness (QED) is 0.849. The van der Waals surface area contributed by atoms with Gasteiger partial charge in [0.1, 0.15) is 17.5 Å². The van der Waals surface area contributed by atoms with Gasteiger partial charge in [0, 0.05) is 25.1 Å². The Labute approximate surface area is 117 Å². The number of anilines is 2. The number of nitrogens with one attached hydrogen (secondary N) is 2. The highest BCUT2D eigenvalue weighted by Gasteiger charge is 2.14. The SMILES string of the molecule is CNc1nc(C(C)C)nc(NCCC(C)(C)C)c1C. The molecule has 0 saturated heterocycles. The van der Waals surface area contributed by atoms with Crippen LogP contribution in [-0.2, 0) is 0 Å². The lowest BCUT2D eigenvalue weighted by Gasteiger charge is -2.20. The molecule has 0 unspecified atom stereocenters. The molecule has 1 aromatic heterocycles. The molecule has 108 valence electrons. The number of hydrogen-bond donors (Lipinski definition) is 2. The van der Waals surface area contributed by atoms with E-state index in [9.17, 15) is 0 Å². The lowest BCUT2D eigenvalue weighted by Crippen LogP contribution is -2.16. The smallest absolute Gasteiger partial charge is 0.135 e. The van der Waals surface area contributed by atoms with E-state index in [1.165, 1.54) is 0 Å². The van der Waals surface area contributed by atoms with Crippen molar-refractivity contribution in [2.45, 2.75) is 53.9 Å². The average Bonchev–Trinajstić information content (AvgIpc) is 2.29. The molecule has 0 aromatic carbocycles. The molecule has 1 aromatic rings. The highest BCUT2D eigenvalue weighted by atomic mass is 15.1. The first-order valence-corrected chi connectivity index (χ1v) is 7.04. The lowest BCUT2D eigenvalue weighted by atomic mass is 9.92. The van der Waals surface area contributed by atoms with Gasteiger partial charge >= 0.3 is 0 Å². The Morgan fingerprint density at radius 1 is 1.11 bits per heavy atom. The van der Waals surface area contributed by atoms with E-state index < -0.39 is 0 Å². The largest absolute Gasteiger partial charge is 0.373 e. The Morgan fingerprint density at radius 2 is 1.68 bits per heavy atom. The zero-order chi connectivity index (χ0) is 14.6. The van der Waals surface area contributed by atoms with Gasteiger partial charge in [0.2, 0.25) is 0 Å². The summed E-state index contributed by atoms with van der Waals surface area (Å²) in [5.41, 5.74) is 1.42.